The van der Waals surface area contributed by atoms with Crippen LogP contribution in [0.5, 0.6) is 17.2 Å². The van der Waals surface area contributed by atoms with Crippen LogP contribution in [-0.2, 0) is 6.54 Å². The summed E-state index contributed by atoms with van der Waals surface area (Å²) >= 11 is 0. The molecule has 0 aromatic heterocycles. The minimum absolute atomic E-state index is 0.319. The van der Waals surface area contributed by atoms with Gasteiger partial charge in [0.2, 0.25) is 6.79 Å². The molecule has 2 aliphatic heterocycles. The first kappa shape index (κ1) is 11.5. The number of ether oxygens (including phenoxy) is 3. The molecule has 0 unspecified atom stereocenters. The Morgan fingerprint density at radius 2 is 1.80 bits per heavy atom. The van der Waals surface area contributed by atoms with E-state index in [9.17, 15) is 0 Å². The van der Waals surface area contributed by atoms with Gasteiger partial charge in [0.25, 0.3) is 0 Å². The standard InChI is InChI=1S/C16H15NO3/c1-2-4-14-13(3-1)17(7-8-18-14)10-12-5-6-15-16(9-12)20-11-19-15/h1-6,9H,7-8,10-11H2. The smallest absolute Gasteiger partial charge is 0.231 e. The van der Waals surface area contributed by atoms with Crippen LogP contribution in [0.1, 0.15) is 5.56 Å². The second-order valence-corrected chi connectivity index (χ2v) is 4.93. The number of nitrogens with zero attached hydrogens (tertiary/aromatic N) is 1. The largest absolute Gasteiger partial charge is 0.490 e. The van der Waals surface area contributed by atoms with E-state index in [2.05, 4.69) is 23.1 Å². The van der Waals surface area contributed by atoms with Gasteiger partial charge in [-0.25, -0.2) is 0 Å². The van der Waals surface area contributed by atoms with E-state index < -0.39 is 0 Å². The van der Waals surface area contributed by atoms with Gasteiger partial charge in [-0.1, -0.05) is 18.2 Å². The second-order valence-electron chi connectivity index (χ2n) is 4.93. The Kier molecular flexibility index (Phi) is 2.66. The predicted molar refractivity (Wildman–Crippen MR) is 75.6 cm³/mol. The van der Waals surface area contributed by atoms with Gasteiger partial charge in [-0.05, 0) is 29.8 Å². The van der Waals surface area contributed by atoms with Crippen molar-refractivity contribution in [2.24, 2.45) is 0 Å². The monoisotopic (exact) mass is 269 g/mol. The van der Waals surface area contributed by atoms with E-state index in [0.29, 0.717) is 6.79 Å². The third kappa shape index (κ3) is 1.93. The van der Waals surface area contributed by atoms with Crippen LogP contribution in [0.3, 0.4) is 0 Å². The van der Waals surface area contributed by atoms with Crippen LogP contribution in [0.25, 0.3) is 0 Å². The van der Waals surface area contributed by atoms with Gasteiger partial charge in [0.1, 0.15) is 12.4 Å². The molecule has 2 aromatic carbocycles. The predicted octanol–water partition coefficient (Wildman–Crippen LogP) is 2.81. The number of hydrogen-bond acceptors (Lipinski definition) is 4. The van der Waals surface area contributed by atoms with Crippen molar-refractivity contribution in [3.8, 4) is 17.2 Å². The van der Waals surface area contributed by atoms with Crippen LogP contribution in [-0.4, -0.2) is 19.9 Å². The summed E-state index contributed by atoms with van der Waals surface area (Å²) in [6.45, 7) is 2.78. The van der Waals surface area contributed by atoms with Gasteiger partial charge in [0, 0.05) is 6.54 Å². The van der Waals surface area contributed by atoms with Crippen LogP contribution in [0.2, 0.25) is 0 Å². The summed E-state index contributed by atoms with van der Waals surface area (Å²) in [5.41, 5.74) is 2.36. The van der Waals surface area contributed by atoms with Crippen LogP contribution in [0.15, 0.2) is 42.5 Å². The molecule has 2 heterocycles. The van der Waals surface area contributed by atoms with Gasteiger partial charge < -0.3 is 19.1 Å². The maximum Gasteiger partial charge on any atom is 0.231 e. The van der Waals surface area contributed by atoms with E-state index in [1.807, 2.05) is 24.3 Å². The topological polar surface area (TPSA) is 30.9 Å². The van der Waals surface area contributed by atoms with E-state index >= 15 is 0 Å². The van der Waals surface area contributed by atoms with E-state index in [4.69, 9.17) is 14.2 Å². The number of hydrogen-bond donors (Lipinski definition) is 0. The summed E-state index contributed by atoms with van der Waals surface area (Å²) in [4.78, 5) is 2.33. The van der Waals surface area contributed by atoms with E-state index in [1.165, 1.54) is 5.56 Å². The Hall–Kier alpha value is -2.36. The zero-order valence-corrected chi connectivity index (χ0v) is 11.0. The third-order valence-electron chi connectivity index (χ3n) is 3.64. The Morgan fingerprint density at radius 1 is 0.900 bits per heavy atom. The first-order valence-electron chi connectivity index (χ1n) is 6.75. The van der Waals surface area contributed by atoms with Crippen molar-refractivity contribution in [2.75, 3.05) is 24.8 Å². The molecule has 2 aliphatic rings. The lowest BCUT2D eigenvalue weighted by atomic mass is 10.1. The number of para-hydroxylation sites is 2. The minimum atomic E-state index is 0.319. The minimum Gasteiger partial charge on any atom is -0.490 e. The molecule has 0 atom stereocenters. The van der Waals surface area contributed by atoms with Crippen molar-refractivity contribution in [3.63, 3.8) is 0 Å². The fourth-order valence-corrected chi connectivity index (χ4v) is 2.65. The fourth-order valence-electron chi connectivity index (χ4n) is 2.65. The Bertz CT molecular complexity index is 641. The molecule has 0 fully saturated rings. The van der Waals surface area contributed by atoms with Gasteiger partial charge in [-0.3, -0.25) is 0 Å². The lowest BCUT2D eigenvalue weighted by molar-refractivity contribution is 0.174. The molecule has 0 N–H and O–H groups in total. The molecule has 102 valence electrons. The van der Waals surface area contributed by atoms with E-state index in [1.54, 1.807) is 0 Å². The van der Waals surface area contributed by atoms with Crippen LogP contribution in [0, 0.1) is 0 Å². The number of benzene rings is 2. The highest BCUT2D eigenvalue weighted by Crippen LogP contribution is 2.35. The lowest BCUT2D eigenvalue weighted by Crippen LogP contribution is -2.32. The third-order valence-corrected chi connectivity index (χ3v) is 3.64. The summed E-state index contributed by atoms with van der Waals surface area (Å²) in [5.74, 6) is 2.62. The molecular formula is C16H15NO3. The Balaban J connectivity index is 1.61. The Labute approximate surface area is 117 Å². The number of fused-ring (bicyclic) bond motifs is 2. The molecular weight excluding hydrogens is 254 g/mol. The molecule has 4 nitrogen and oxygen atoms in total. The highest BCUT2D eigenvalue weighted by atomic mass is 16.7. The molecule has 0 saturated heterocycles. The van der Waals surface area contributed by atoms with Gasteiger partial charge >= 0.3 is 0 Å². The van der Waals surface area contributed by atoms with Crippen LogP contribution >= 0.6 is 0 Å². The van der Waals surface area contributed by atoms with Crippen LogP contribution < -0.4 is 19.1 Å². The molecule has 4 rings (SSSR count). The fraction of sp³-hybridized carbons (Fsp3) is 0.250. The zero-order valence-electron chi connectivity index (χ0n) is 11.0. The van der Waals surface area contributed by atoms with E-state index in [0.717, 1.165) is 42.6 Å². The molecule has 0 radical (unpaired) electrons. The first-order valence-corrected chi connectivity index (χ1v) is 6.75. The summed E-state index contributed by atoms with van der Waals surface area (Å²) in [6, 6.07) is 14.3. The highest BCUT2D eigenvalue weighted by Gasteiger charge is 2.19. The molecule has 0 amide bonds. The zero-order chi connectivity index (χ0) is 13.4. The number of anilines is 1. The van der Waals surface area contributed by atoms with Crippen molar-refractivity contribution >= 4 is 5.69 Å². The average molecular weight is 269 g/mol. The first-order chi connectivity index (χ1) is 9.90. The van der Waals surface area contributed by atoms with Gasteiger partial charge in [0.15, 0.2) is 11.5 Å². The Morgan fingerprint density at radius 3 is 2.80 bits per heavy atom. The van der Waals surface area contributed by atoms with Crippen molar-refractivity contribution in [1.82, 2.24) is 0 Å². The number of rotatable bonds is 2. The quantitative estimate of drug-likeness (QED) is 0.839. The van der Waals surface area contributed by atoms with Crippen molar-refractivity contribution in [2.45, 2.75) is 6.54 Å². The molecule has 4 heteroatoms. The molecule has 0 spiro atoms. The highest BCUT2D eigenvalue weighted by molar-refractivity contribution is 5.60. The van der Waals surface area contributed by atoms with E-state index in [-0.39, 0.29) is 0 Å². The van der Waals surface area contributed by atoms with Crippen molar-refractivity contribution in [1.29, 1.82) is 0 Å². The molecule has 2 aromatic rings. The molecule has 0 aliphatic carbocycles. The van der Waals surface area contributed by atoms with Gasteiger partial charge in [-0.2, -0.15) is 0 Å². The molecule has 20 heavy (non-hydrogen) atoms. The summed E-state index contributed by atoms with van der Waals surface area (Å²) in [7, 11) is 0. The van der Waals surface area contributed by atoms with Crippen molar-refractivity contribution in [3.05, 3.63) is 48.0 Å². The van der Waals surface area contributed by atoms with Crippen LogP contribution in [0.4, 0.5) is 5.69 Å². The maximum absolute atomic E-state index is 5.68. The summed E-state index contributed by atoms with van der Waals surface area (Å²) in [6.07, 6.45) is 0. The maximum atomic E-state index is 5.68. The summed E-state index contributed by atoms with van der Waals surface area (Å²) < 4.78 is 16.5. The average Bonchev–Trinajstić information content (AvgIpc) is 2.95. The summed E-state index contributed by atoms with van der Waals surface area (Å²) in [5, 5.41) is 0. The second kappa shape index (κ2) is 4.63. The SMILES string of the molecule is c1ccc2c(c1)OCCN2Cc1ccc2c(c1)OCO2. The van der Waals surface area contributed by atoms with Crippen molar-refractivity contribution < 1.29 is 14.2 Å². The molecule has 0 bridgehead atoms. The lowest BCUT2D eigenvalue weighted by Gasteiger charge is -2.31. The van der Waals surface area contributed by atoms with Gasteiger partial charge in [-0.15, -0.1) is 0 Å². The molecule has 0 saturated carbocycles. The van der Waals surface area contributed by atoms with Gasteiger partial charge in [0.05, 0.1) is 12.2 Å². The normalized spacial score (nSPS) is 15.7.